The van der Waals surface area contributed by atoms with Gasteiger partial charge in [0.15, 0.2) is 0 Å². The highest BCUT2D eigenvalue weighted by Gasteiger charge is 2.24. The smallest absolute Gasteiger partial charge is 0.251 e. The van der Waals surface area contributed by atoms with E-state index in [4.69, 9.17) is 17.3 Å². The van der Waals surface area contributed by atoms with Crippen molar-refractivity contribution in [1.29, 1.82) is 0 Å². The summed E-state index contributed by atoms with van der Waals surface area (Å²) >= 11 is 5.79. The molecule has 104 valence electrons. The van der Waals surface area contributed by atoms with Crippen molar-refractivity contribution in [2.24, 2.45) is 0 Å². The number of anilines is 1. The highest BCUT2D eigenvalue weighted by Crippen LogP contribution is 2.20. The third kappa shape index (κ3) is 3.61. The minimum absolute atomic E-state index is 0.104. The van der Waals surface area contributed by atoms with Crippen LogP contribution in [-0.4, -0.2) is 31.9 Å². The van der Waals surface area contributed by atoms with Crippen molar-refractivity contribution in [3.05, 3.63) is 28.8 Å². The van der Waals surface area contributed by atoms with E-state index in [2.05, 4.69) is 5.32 Å². The Hall–Kier alpha value is -1.27. The Morgan fingerprint density at radius 1 is 1.32 bits per heavy atom. The number of nitrogens with one attached hydrogen (secondary N) is 1. The van der Waals surface area contributed by atoms with Gasteiger partial charge in [-0.2, -0.15) is 0 Å². The summed E-state index contributed by atoms with van der Waals surface area (Å²) in [6.45, 7) is 0. The van der Waals surface area contributed by atoms with E-state index in [1.807, 2.05) is 0 Å². The lowest BCUT2D eigenvalue weighted by molar-refractivity contribution is 0.0934. The Kier molecular flexibility index (Phi) is 4.01. The molecule has 0 aliphatic carbocycles. The number of halogens is 1. The molecule has 0 unspecified atom stereocenters. The topological polar surface area (TPSA) is 89.3 Å². The van der Waals surface area contributed by atoms with Gasteiger partial charge in [-0.3, -0.25) is 4.79 Å². The van der Waals surface area contributed by atoms with Gasteiger partial charge in [-0.25, -0.2) is 8.42 Å². The van der Waals surface area contributed by atoms with Crippen molar-refractivity contribution in [3.63, 3.8) is 0 Å². The van der Waals surface area contributed by atoms with Crippen LogP contribution in [-0.2, 0) is 9.84 Å². The largest absolute Gasteiger partial charge is 0.398 e. The molecule has 1 heterocycles. The molecule has 3 N–H and O–H groups in total. The van der Waals surface area contributed by atoms with Crippen LogP contribution in [0, 0.1) is 0 Å². The van der Waals surface area contributed by atoms with Crippen LogP contribution in [0.25, 0.3) is 0 Å². The van der Waals surface area contributed by atoms with Crippen LogP contribution in [0.4, 0.5) is 5.69 Å². The predicted octanol–water partition coefficient (Wildman–Crippen LogP) is 1.23. The van der Waals surface area contributed by atoms with E-state index in [1.165, 1.54) is 6.07 Å². The van der Waals surface area contributed by atoms with Gasteiger partial charge >= 0.3 is 0 Å². The minimum Gasteiger partial charge on any atom is -0.398 e. The summed E-state index contributed by atoms with van der Waals surface area (Å²) in [6.07, 6.45) is 0.911. The monoisotopic (exact) mass is 302 g/mol. The Morgan fingerprint density at radius 3 is 2.53 bits per heavy atom. The van der Waals surface area contributed by atoms with Crippen LogP contribution in [0.5, 0.6) is 0 Å². The molecule has 1 aromatic rings. The molecule has 0 atom stereocenters. The molecule has 0 aromatic heterocycles. The third-order valence-electron chi connectivity index (χ3n) is 3.15. The fourth-order valence-electron chi connectivity index (χ4n) is 1.99. The van der Waals surface area contributed by atoms with Crippen molar-refractivity contribution in [2.45, 2.75) is 18.9 Å². The molecule has 0 spiro atoms. The fourth-order valence-corrected chi connectivity index (χ4v) is 3.60. The molecule has 7 heteroatoms. The zero-order valence-electron chi connectivity index (χ0n) is 10.2. The van der Waals surface area contributed by atoms with E-state index in [1.54, 1.807) is 12.1 Å². The Bertz CT molecular complexity index is 587. The number of carbonyl (C=O) groups is 1. The first-order valence-corrected chi connectivity index (χ1v) is 8.14. The van der Waals surface area contributed by atoms with Crippen LogP contribution in [0.15, 0.2) is 18.2 Å². The molecule has 5 nitrogen and oxygen atoms in total. The number of hydrogen-bond donors (Lipinski definition) is 2. The Labute approximate surface area is 117 Å². The van der Waals surface area contributed by atoms with Gasteiger partial charge in [-0.05, 0) is 31.0 Å². The number of nitrogens with two attached hydrogens (primary N) is 1. The molecule has 0 bridgehead atoms. The van der Waals surface area contributed by atoms with Gasteiger partial charge in [0.25, 0.3) is 5.91 Å². The first kappa shape index (κ1) is 14.1. The van der Waals surface area contributed by atoms with Crippen molar-refractivity contribution >= 4 is 33.0 Å². The standard InChI is InChI=1S/C12H15ClN2O3S/c13-10-2-1-8(7-11(10)14)12(16)15-9-3-5-19(17,18)6-4-9/h1-2,7,9H,3-6,14H2,(H,15,16). The van der Waals surface area contributed by atoms with Gasteiger partial charge in [-0.1, -0.05) is 11.6 Å². The number of amides is 1. The highest BCUT2D eigenvalue weighted by molar-refractivity contribution is 7.91. The van der Waals surface area contributed by atoms with E-state index >= 15 is 0 Å². The van der Waals surface area contributed by atoms with Gasteiger partial charge < -0.3 is 11.1 Å². The zero-order valence-corrected chi connectivity index (χ0v) is 11.8. The third-order valence-corrected chi connectivity index (χ3v) is 5.21. The molecule has 1 amide bonds. The van der Waals surface area contributed by atoms with E-state index in [9.17, 15) is 13.2 Å². The molecular weight excluding hydrogens is 288 g/mol. The quantitative estimate of drug-likeness (QED) is 0.804. The molecule has 1 aromatic carbocycles. The van der Waals surface area contributed by atoms with Crippen molar-refractivity contribution in [2.75, 3.05) is 17.2 Å². The van der Waals surface area contributed by atoms with E-state index in [0.29, 0.717) is 29.1 Å². The van der Waals surface area contributed by atoms with Gasteiger partial charge in [0.2, 0.25) is 0 Å². The van der Waals surface area contributed by atoms with Crippen LogP contribution in [0.3, 0.4) is 0 Å². The maximum atomic E-state index is 12.0. The van der Waals surface area contributed by atoms with Crippen LogP contribution >= 0.6 is 11.6 Å². The molecule has 0 saturated carbocycles. The second-order valence-electron chi connectivity index (χ2n) is 4.64. The molecule has 2 rings (SSSR count). The number of rotatable bonds is 2. The van der Waals surface area contributed by atoms with E-state index in [0.717, 1.165) is 0 Å². The van der Waals surface area contributed by atoms with Crippen molar-refractivity contribution in [3.8, 4) is 0 Å². The lowest BCUT2D eigenvalue weighted by atomic mass is 10.1. The normalized spacial score (nSPS) is 19.0. The maximum absolute atomic E-state index is 12.0. The zero-order chi connectivity index (χ0) is 14.0. The van der Waals surface area contributed by atoms with Gasteiger partial charge in [0.05, 0.1) is 22.2 Å². The summed E-state index contributed by atoms with van der Waals surface area (Å²) in [7, 11) is -2.92. The number of benzene rings is 1. The first-order valence-electron chi connectivity index (χ1n) is 5.94. The fraction of sp³-hybridized carbons (Fsp3) is 0.417. The lowest BCUT2D eigenvalue weighted by Crippen LogP contribution is -2.40. The molecule has 19 heavy (non-hydrogen) atoms. The summed E-state index contributed by atoms with van der Waals surface area (Å²) in [6, 6.07) is 4.56. The second kappa shape index (κ2) is 5.38. The first-order chi connectivity index (χ1) is 8.87. The SMILES string of the molecule is Nc1cc(C(=O)NC2CCS(=O)(=O)CC2)ccc1Cl. The van der Waals surface area contributed by atoms with E-state index < -0.39 is 9.84 Å². The number of sulfone groups is 1. The van der Waals surface area contributed by atoms with Crippen LogP contribution in [0.1, 0.15) is 23.2 Å². The second-order valence-corrected chi connectivity index (χ2v) is 7.35. The Morgan fingerprint density at radius 2 is 1.95 bits per heavy atom. The summed E-state index contributed by atoms with van der Waals surface area (Å²) < 4.78 is 22.6. The highest BCUT2D eigenvalue weighted by atomic mass is 35.5. The summed E-state index contributed by atoms with van der Waals surface area (Å²) in [5.74, 6) is -0.00540. The number of hydrogen-bond acceptors (Lipinski definition) is 4. The van der Waals surface area contributed by atoms with Crippen molar-refractivity contribution in [1.82, 2.24) is 5.32 Å². The molecule has 0 radical (unpaired) electrons. The van der Waals surface area contributed by atoms with Crippen LogP contribution in [0.2, 0.25) is 5.02 Å². The predicted molar refractivity (Wildman–Crippen MR) is 75.0 cm³/mol. The lowest BCUT2D eigenvalue weighted by Gasteiger charge is -2.23. The minimum atomic E-state index is -2.92. The average Bonchev–Trinajstić information content (AvgIpc) is 2.35. The molecule has 1 saturated heterocycles. The molecule has 1 aliphatic heterocycles. The summed E-state index contributed by atoms with van der Waals surface area (Å²) in [5, 5.41) is 3.22. The number of carbonyl (C=O) groups excluding carboxylic acids is 1. The van der Waals surface area contributed by atoms with Gasteiger partial charge in [-0.15, -0.1) is 0 Å². The van der Waals surface area contributed by atoms with Gasteiger partial charge in [0, 0.05) is 11.6 Å². The van der Waals surface area contributed by atoms with Gasteiger partial charge in [0.1, 0.15) is 9.84 Å². The maximum Gasteiger partial charge on any atom is 0.251 e. The average molecular weight is 303 g/mol. The van der Waals surface area contributed by atoms with Crippen molar-refractivity contribution < 1.29 is 13.2 Å². The Balaban J connectivity index is 2.00. The molecule has 1 fully saturated rings. The molecular formula is C12H15ClN2O3S. The summed E-state index contributed by atoms with van der Waals surface area (Å²) in [5.41, 5.74) is 6.41. The summed E-state index contributed by atoms with van der Waals surface area (Å²) in [4.78, 5) is 12.0. The molecule has 1 aliphatic rings. The van der Waals surface area contributed by atoms with Crippen LogP contribution < -0.4 is 11.1 Å². The van der Waals surface area contributed by atoms with E-state index in [-0.39, 0.29) is 23.5 Å². The number of nitrogen functional groups attached to an aromatic ring is 1.